The van der Waals surface area contributed by atoms with Crippen LogP contribution in [0.3, 0.4) is 0 Å². The van der Waals surface area contributed by atoms with Crippen LogP contribution in [0.1, 0.15) is 18.1 Å². The van der Waals surface area contributed by atoms with Crippen molar-refractivity contribution in [3.8, 4) is 16.9 Å². The van der Waals surface area contributed by atoms with Crippen LogP contribution in [0.5, 0.6) is 5.75 Å². The smallest absolute Gasteiger partial charge is 0.417 e. The number of carbonyl (C=O) groups excluding carboxylic acids is 3. The van der Waals surface area contributed by atoms with E-state index in [1.165, 1.54) is 13.1 Å². The Morgan fingerprint density at radius 1 is 1.19 bits per heavy atom. The van der Waals surface area contributed by atoms with Crippen LogP contribution in [0.4, 0.5) is 29.3 Å². The lowest BCUT2D eigenvalue weighted by Gasteiger charge is -2.23. The molecule has 31 heavy (non-hydrogen) atoms. The van der Waals surface area contributed by atoms with Crippen LogP contribution in [-0.4, -0.2) is 43.3 Å². The van der Waals surface area contributed by atoms with Gasteiger partial charge in [0.05, 0.1) is 18.4 Å². The van der Waals surface area contributed by atoms with E-state index in [1.807, 2.05) is 0 Å². The zero-order valence-electron chi connectivity index (χ0n) is 16.6. The van der Waals surface area contributed by atoms with E-state index in [1.54, 1.807) is 0 Å². The van der Waals surface area contributed by atoms with Gasteiger partial charge < -0.3 is 15.2 Å². The average molecular weight is 437 g/mol. The molecule has 2 aromatic rings. The van der Waals surface area contributed by atoms with Crippen LogP contribution in [0, 0.1) is 5.41 Å². The summed E-state index contributed by atoms with van der Waals surface area (Å²) in [5.41, 5.74) is -2.94. The Kier molecular flexibility index (Phi) is 6.68. The van der Waals surface area contributed by atoms with Crippen LogP contribution in [-0.2, 0) is 20.5 Å². The number of ether oxygens (including phenoxy) is 1. The van der Waals surface area contributed by atoms with Gasteiger partial charge in [0.2, 0.25) is 5.91 Å². The topological polar surface area (TPSA) is 120 Å². The molecule has 2 rings (SSSR count). The molecule has 0 spiro atoms. The first-order valence-electron chi connectivity index (χ1n) is 8.62. The van der Waals surface area contributed by atoms with Crippen LogP contribution >= 0.6 is 0 Å². The third kappa shape index (κ3) is 5.00. The van der Waals surface area contributed by atoms with Gasteiger partial charge in [0, 0.05) is 30.8 Å². The summed E-state index contributed by atoms with van der Waals surface area (Å²) in [5, 5.41) is 20.2. The summed E-state index contributed by atoms with van der Waals surface area (Å²) in [6.07, 6.45) is -5.65. The molecule has 0 unspecified atom stereocenters. The molecular weight excluding hydrogens is 419 g/mol. The van der Waals surface area contributed by atoms with Crippen LogP contribution < -0.4 is 10.2 Å². The lowest BCUT2D eigenvalue weighted by atomic mass is 9.94. The molecule has 2 amide bonds. The van der Waals surface area contributed by atoms with Gasteiger partial charge in [-0.2, -0.15) is 13.2 Å². The Labute approximate surface area is 174 Å². The van der Waals surface area contributed by atoms with Crippen LogP contribution in [0.2, 0.25) is 0 Å². The number of phenolic OH excluding ortho intramolecular Hbond substituents is 1. The highest BCUT2D eigenvalue weighted by molar-refractivity contribution is 6.35. The predicted octanol–water partition coefficient (Wildman–Crippen LogP) is 3.81. The number of rotatable bonds is 5. The number of hydrogen-bond donors (Lipinski definition) is 3. The zero-order chi connectivity index (χ0) is 23.5. The fourth-order valence-electron chi connectivity index (χ4n) is 2.88. The molecule has 0 atom stereocenters. The highest BCUT2D eigenvalue weighted by Gasteiger charge is 2.35. The molecule has 0 aliphatic heterocycles. The summed E-state index contributed by atoms with van der Waals surface area (Å²) in [6.45, 7) is 1.14. The molecule has 0 radical (unpaired) electrons. The fraction of sp³-hybridized carbons (Fsp3) is 0.200. The third-order valence-corrected chi connectivity index (χ3v) is 4.27. The number of amides is 2. The number of alkyl halides is 3. The number of anilines is 2. The van der Waals surface area contributed by atoms with Gasteiger partial charge in [-0.15, -0.1) is 0 Å². The highest BCUT2D eigenvalue weighted by Crippen LogP contribution is 2.43. The van der Waals surface area contributed by atoms with E-state index in [0.29, 0.717) is 0 Å². The van der Waals surface area contributed by atoms with Gasteiger partial charge >= 0.3 is 12.3 Å². The summed E-state index contributed by atoms with van der Waals surface area (Å²) in [7, 11) is 2.28. The van der Waals surface area contributed by atoms with Crippen molar-refractivity contribution >= 4 is 35.4 Å². The number of aromatic hydroxyl groups is 1. The number of hydrogen-bond acceptors (Lipinski definition) is 6. The van der Waals surface area contributed by atoms with Crippen molar-refractivity contribution < 1.29 is 37.4 Å². The van der Waals surface area contributed by atoms with Crippen molar-refractivity contribution in [1.82, 2.24) is 0 Å². The Morgan fingerprint density at radius 3 is 2.35 bits per heavy atom. The number of halogens is 3. The standard InChI is InChI=1S/C20H18F3N3O5/c1-10(28)25-11-4-5-12(15(6-11)20(21,22)23)13-8-18(29)14(16(24)9-27)7-17(13)26(2)19(30)31-3/h4-9,24,29H,1-3H3,(H,25,28). The number of nitrogens with zero attached hydrogens (tertiary/aromatic N) is 1. The monoisotopic (exact) mass is 437 g/mol. The predicted molar refractivity (Wildman–Crippen MR) is 107 cm³/mol. The summed E-state index contributed by atoms with van der Waals surface area (Å²) in [6, 6.07) is 4.98. The van der Waals surface area contributed by atoms with Gasteiger partial charge in [-0.25, -0.2) is 4.79 Å². The van der Waals surface area contributed by atoms with Gasteiger partial charge in [-0.05, 0) is 29.8 Å². The van der Waals surface area contributed by atoms with Crippen LogP contribution in [0.15, 0.2) is 30.3 Å². The van der Waals surface area contributed by atoms with Crippen molar-refractivity contribution in [2.24, 2.45) is 0 Å². The van der Waals surface area contributed by atoms with Crippen molar-refractivity contribution in [3.05, 3.63) is 41.5 Å². The number of aldehydes is 1. The van der Waals surface area contributed by atoms with E-state index in [9.17, 15) is 32.7 Å². The van der Waals surface area contributed by atoms with Crippen LogP contribution in [0.25, 0.3) is 11.1 Å². The molecule has 0 bridgehead atoms. The quantitative estimate of drug-likeness (QED) is 0.485. The largest absolute Gasteiger partial charge is 0.507 e. The maximum atomic E-state index is 13.8. The lowest BCUT2D eigenvalue weighted by Crippen LogP contribution is -2.27. The van der Waals surface area contributed by atoms with Gasteiger partial charge in [-0.1, -0.05) is 6.07 Å². The lowest BCUT2D eigenvalue weighted by molar-refractivity contribution is -0.137. The second-order valence-corrected chi connectivity index (χ2v) is 6.39. The van der Waals surface area contributed by atoms with E-state index in [-0.39, 0.29) is 28.8 Å². The molecular formula is C20H18F3N3O5. The maximum Gasteiger partial charge on any atom is 0.417 e. The van der Waals surface area contributed by atoms with E-state index >= 15 is 0 Å². The van der Waals surface area contributed by atoms with Gasteiger partial charge in [0.15, 0.2) is 6.29 Å². The Morgan fingerprint density at radius 2 is 1.84 bits per heavy atom. The number of benzene rings is 2. The molecule has 0 saturated carbocycles. The van der Waals surface area contributed by atoms with Gasteiger partial charge in [0.1, 0.15) is 11.5 Å². The Bertz CT molecular complexity index is 1070. The molecule has 164 valence electrons. The molecule has 8 nitrogen and oxygen atoms in total. The maximum absolute atomic E-state index is 13.8. The zero-order valence-corrected chi connectivity index (χ0v) is 16.6. The van der Waals surface area contributed by atoms with Gasteiger partial charge in [0.25, 0.3) is 0 Å². The molecule has 0 heterocycles. The highest BCUT2D eigenvalue weighted by atomic mass is 19.4. The Hall–Kier alpha value is -3.89. The first kappa shape index (κ1) is 23.4. The average Bonchev–Trinajstić information content (AvgIpc) is 2.70. The minimum Gasteiger partial charge on any atom is -0.507 e. The molecule has 2 aromatic carbocycles. The first-order valence-corrected chi connectivity index (χ1v) is 8.62. The van der Waals surface area contributed by atoms with E-state index in [4.69, 9.17) is 5.41 Å². The van der Waals surface area contributed by atoms with Crippen molar-refractivity contribution in [3.63, 3.8) is 0 Å². The first-order chi connectivity index (χ1) is 14.4. The second kappa shape index (κ2) is 8.86. The molecule has 0 fully saturated rings. The van der Waals surface area contributed by atoms with Gasteiger partial charge in [-0.3, -0.25) is 19.9 Å². The Balaban J connectivity index is 2.86. The minimum absolute atomic E-state index is 0.102. The number of carbonyl (C=O) groups is 3. The molecule has 3 N–H and O–H groups in total. The second-order valence-electron chi connectivity index (χ2n) is 6.39. The summed E-state index contributed by atoms with van der Waals surface area (Å²) in [5.74, 6) is -1.20. The summed E-state index contributed by atoms with van der Waals surface area (Å²) < 4.78 is 46.0. The third-order valence-electron chi connectivity index (χ3n) is 4.27. The fourth-order valence-corrected chi connectivity index (χ4v) is 2.88. The van der Waals surface area contributed by atoms with Crippen molar-refractivity contribution in [1.29, 1.82) is 5.41 Å². The SMILES string of the molecule is COC(=O)N(C)c1cc(C(=N)C=O)c(O)cc1-c1ccc(NC(C)=O)cc1C(F)(F)F. The van der Waals surface area contributed by atoms with E-state index < -0.39 is 40.8 Å². The number of methoxy groups -OCH3 is 1. The molecule has 0 aliphatic rings. The number of nitrogens with one attached hydrogen (secondary N) is 2. The van der Waals surface area contributed by atoms with E-state index in [0.717, 1.165) is 43.2 Å². The van der Waals surface area contributed by atoms with Crippen molar-refractivity contribution in [2.75, 3.05) is 24.4 Å². The number of phenols is 1. The molecule has 0 saturated heterocycles. The van der Waals surface area contributed by atoms with Crippen molar-refractivity contribution in [2.45, 2.75) is 13.1 Å². The molecule has 11 heteroatoms. The normalized spacial score (nSPS) is 10.9. The molecule has 0 aromatic heterocycles. The summed E-state index contributed by atoms with van der Waals surface area (Å²) >= 11 is 0. The van der Waals surface area contributed by atoms with E-state index in [2.05, 4.69) is 10.1 Å². The summed E-state index contributed by atoms with van der Waals surface area (Å²) in [4.78, 5) is 35.1. The molecule has 0 aliphatic carbocycles. The minimum atomic E-state index is -4.85.